The first-order chi connectivity index (χ1) is 13.8. The van der Waals surface area contributed by atoms with Gasteiger partial charge in [-0.05, 0) is 25.5 Å². The van der Waals surface area contributed by atoms with E-state index in [-0.39, 0.29) is 29.0 Å². The number of amides is 2. The van der Waals surface area contributed by atoms with E-state index in [4.69, 9.17) is 16.3 Å². The predicted octanol–water partition coefficient (Wildman–Crippen LogP) is -1.05. The second kappa shape index (κ2) is 8.75. The van der Waals surface area contributed by atoms with Crippen LogP contribution in [-0.2, 0) is 19.2 Å². The number of carbonyl (C=O) groups excluding carboxylic acids is 2. The van der Waals surface area contributed by atoms with Crippen LogP contribution in [0.3, 0.4) is 0 Å². The van der Waals surface area contributed by atoms with Crippen molar-refractivity contribution in [3.8, 4) is 0 Å². The Balaban J connectivity index is 1.75. The van der Waals surface area contributed by atoms with Gasteiger partial charge in [0.2, 0.25) is 11.5 Å². The zero-order valence-electron chi connectivity index (χ0n) is 15.3. The summed E-state index contributed by atoms with van der Waals surface area (Å²) in [5, 5.41) is 15.3. The van der Waals surface area contributed by atoms with Crippen LogP contribution in [-0.4, -0.2) is 73.2 Å². The predicted molar refractivity (Wildman–Crippen MR) is 106 cm³/mol. The fourth-order valence-corrected chi connectivity index (χ4v) is 4.49. The fraction of sp³-hybridized carbons (Fsp3) is 0.467. The van der Waals surface area contributed by atoms with E-state index < -0.39 is 29.2 Å². The molecule has 1 fully saturated rings. The number of hydrogen-bond acceptors (Lipinski definition) is 11. The number of anilines is 1. The molecule has 6 N–H and O–H groups in total. The van der Waals surface area contributed by atoms with E-state index in [1.807, 2.05) is 0 Å². The van der Waals surface area contributed by atoms with Crippen LogP contribution in [0.1, 0.15) is 19.2 Å². The summed E-state index contributed by atoms with van der Waals surface area (Å²) in [5.74, 6) is -2.00. The molecule has 1 aromatic rings. The quantitative estimate of drug-likeness (QED) is 0.168. The van der Waals surface area contributed by atoms with Gasteiger partial charge in [0.05, 0.1) is 0 Å². The number of rotatable bonds is 8. The molecule has 0 aliphatic carbocycles. The number of aromatic nitrogens is 2. The Bertz CT molecular complexity index is 899. The van der Waals surface area contributed by atoms with Gasteiger partial charge in [-0.1, -0.05) is 5.16 Å². The van der Waals surface area contributed by atoms with E-state index >= 15 is 0 Å². The summed E-state index contributed by atoms with van der Waals surface area (Å²) in [7, 11) is 0. The number of nitrogens with one attached hydrogen (secondary N) is 1. The zero-order valence-corrected chi connectivity index (χ0v) is 17.0. The van der Waals surface area contributed by atoms with Crippen molar-refractivity contribution in [3.63, 3.8) is 0 Å². The minimum Gasteiger partial charge on any atom is -0.477 e. The third-order valence-corrected chi connectivity index (χ3v) is 6.08. The average Bonchev–Trinajstić information content (AvgIpc) is 3.11. The molecule has 1 aromatic heterocycles. The molecule has 2 aliphatic heterocycles. The van der Waals surface area contributed by atoms with Crippen LogP contribution in [0.25, 0.3) is 0 Å². The van der Waals surface area contributed by atoms with Crippen molar-refractivity contribution in [2.75, 3.05) is 24.6 Å². The van der Waals surface area contributed by atoms with Crippen LogP contribution >= 0.6 is 23.3 Å². The van der Waals surface area contributed by atoms with E-state index in [1.165, 1.54) is 16.7 Å². The van der Waals surface area contributed by atoms with Gasteiger partial charge in [-0.25, -0.2) is 4.79 Å². The Hall–Kier alpha value is -2.71. The molecule has 12 nitrogen and oxygen atoms in total. The molecule has 14 heteroatoms. The molecule has 2 amide bonds. The molecule has 0 radical (unpaired) electrons. The van der Waals surface area contributed by atoms with Crippen molar-refractivity contribution in [1.82, 2.24) is 19.6 Å². The second-order valence-corrected chi connectivity index (χ2v) is 8.06. The highest BCUT2D eigenvalue weighted by Crippen LogP contribution is 2.40. The van der Waals surface area contributed by atoms with Gasteiger partial charge in [0.15, 0.2) is 5.13 Å². The van der Waals surface area contributed by atoms with Gasteiger partial charge >= 0.3 is 5.97 Å². The summed E-state index contributed by atoms with van der Waals surface area (Å²) in [6.45, 7) is 2.24. The number of thioether (sulfide) groups is 1. The molecule has 29 heavy (non-hydrogen) atoms. The normalized spacial score (nSPS) is 21.5. The lowest BCUT2D eigenvalue weighted by Gasteiger charge is -2.49. The van der Waals surface area contributed by atoms with Crippen molar-refractivity contribution < 1.29 is 24.3 Å². The molecule has 2 atom stereocenters. The number of carboxylic acids is 1. The Morgan fingerprint density at radius 1 is 1.48 bits per heavy atom. The SMILES string of the molecule is CC1=C(C(=O)O)N2C(=O)C(NC(=O)C(=NOCCCN)c3nsc(N)n3)[C@H]2SC1. The maximum absolute atomic E-state index is 12.7. The number of nitrogens with zero attached hydrogens (tertiary/aromatic N) is 4. The third-order valence-electron chi connectivity index (χ3n) is 4.11. The first-order valence-corrected chi connectivity index (χ1v) is 10.4. The number of β-lactam (4-membered cyclic amide) rings is 1. The lowest BCUT2D eigenvalue weighted by molar-refractivity contribution is -0.150. The monoisotopic (exact) mass is 441 g/mol. The molecule has 2 aliphatic rings. The molecule has 1 saturated heterocycles. The standard InChI is InChI=1S/C15H19N7O5S2/c1-6-5-28-13-8(12(24)22(13)9(6)14(25)26)18-11(23)7(20-27-4-2-3-16)10-19-15(17)29-21-10/h8,13H,2-5,16H2,1H3,(H,18,23)(H,25,26)(H2,17,19,21)/t8?,13-/m1/s1. The molecule has 3 rings (SSSR count). The van der Waals surface area contributed by atoms with E-state index in [1.54, 1.807) is 6.92 Å². The minimum atomic E-state index is -1.18. The highest BCUT2D eigenvalue weighted by molar-refractivity contribution is 8.00. The average molecular weight is 441 g/mol. The van der Waals surface area contributed by atoms with Gasteiger partial charge < -0.3 is 26.7 Å². The molecule has 3 heterocycles. The topological polar surface area (TPSA) is 186 Å². The summed E-state index contributed by atoms with van der Waals surface area (Å²) in [6.07, 6.45) is 0.531. The molecule has 156 valence electrons. The van der Waals surface area contributed by atoms with Crippen LogP contribution in [0.2, 0.25) is 0 Å². The zero-order chi connectivity index (χ0) is 21.1. The number of fused-ring (bicyclic) bond motifs is 1. The van der Waals surface area contributed by atoms with Crippen LogP contribution in [0.5, 0.6) is 0 Å². The van der Waals surface area contributed by atoms with Crippen molar-refractivity contribution in [1.29, 1.82) is 0 Å². The summed E-state index contributed by atoms with van der Waals surface area (Å²) < 4.78 is 3.96. The van der Waals surface area contributed by atoms with Crippen molar-refractivity contribution in [2.45, 2.75) is 24.8 Å². The number of aliphatic carboxylic acids is 1. The summed E-state index contributed by atoms with van der Waals surface area (Å²) in [4.78, 5) is 47.0. The Labute approximate surface area is 173 Å². The van der Waals surface area contributed by atoms with Crippen molar-refractivity contribution >= 4 is 51.9 Å². The van der Waals surface area contributed by atoms with Gasteiger partial charge in [0, 0.05) is 17.3 Å². The Morgan fingerprint density at radius 3 is 2.86 bits per heavy atom. The van der Waals surface area contributed by atoms with E-state index in [2.05, 4.69) is 19.8 Å². The highest BCUT2D eigenvalue weighted by atomic mass is 32.2. The van der Waals surface area contributed by atoms with E-state index in [9.17, 15) is 19.5 Å². The number of nitrogen functional groups attached to an aromatic ring is 1. The van der Waals surface area contributed by atoms with Gasteiger partial charge in [-0.15, -0.1) is 11.8 Å². The first-order valence-electron chi connectivity index (χ1n) is 8.53. The summed E-state index contributed by atoms with van der Waals surface area (Å²) >= 11 is 2.25. The van der Waals surface area contributed by atoms with E-state index in [0.29, 0.717) is 24.3 Å². The minimum absolute atomic E-state index is 0.0281. The van der Waals surface area contributed by atoms with Gasteiger partial charge in [-0.3, -0.25) is 14.5 Å². The smallest absolute Gasteiger partial charge is 0.352 e. The van der Waals surface area contributed by atoms with Crippen LogP contribution in [0.15, 0.2) is 16.4 Å². The third kappa shape index (κ3) is 4.18. The maximum Gasteiger partial charge on any atom is 0.352 e. The number of carbonyl (C=O) groups is 3. The number of oxime groups is 1. The number of carboxylic acid groups (broad SMARTS) is 1. The molecule has 0 bridgehead atoms. The fourth-order valence-electron chi connectivity index (χ4n) is 2.76. The van der Waals surface area contributed by atoms with E-state index in [0.717, 1.165) is 11.5 Å². The molecule has 1 unspecified atom stereocenters. The van der Waals surface area contributed by atoms with Crippen molar-refractivity contribution in [3.05, 3.63) is 17.1 Å². The number of hydrogen-bond donors (Lipinski definition) is 4. The molecule has 0 spiro atoms. The largest absolute Gasteiger partial charge is 0.477 e. The van der Waals surface area contributed by atoms with Crippen molar-refractivity contribution in [2.24, 2.45) is 10.9 Å². The first kappa shape index (κ1) is 21.0. The lowest BCUT2D eigenvalue weighted by Crippen LogP contribution is -2.71. The van der Waals surface area contributed by atoms with Crippen LogP contribution in [0.4, 0.5) is 5.13 Å². The summed E-state index contributed by atoms with van der Waals surface area (Å²) in [5.41, 5.74) is 11.3. The highest BCUT2D eigenvalue weighted by Gasteiger charge is 2.54. The van der Waals surface area contributed by atoms with Crippen LogP contribution in [0, 0.1) is 0 Å². The summed E-state index contributed by atoms with van der Waals surface area (Å²) in [6, 6.07) is -0.903. The molecule has 0 aromatic carbocycles. The molecule has 0 saturated carbocycles. The molecular formula is C15H19N7O5S2. The Morgan fingerprint density at radius 2 is 2.24 bits per heavy atom. The van der Waals surface area contributed by atoms with Gasteiger partial charge in [0.1, 0.15) is 23.7 Å². The number of nitrogens with two attached hydrogens (primary N) is 2. The Kier molecular flexibility index (Phi) is 6.34. The van der Waals surface area contributed by atoms with Gasteiger partial charge in [-0.2, -0.15) is 9.36 Å². The van der Waals surface area contributed by atoms with Gasteiger partial charge in [0.25, 0.3) is 11.8 Å². The second-order valence-electron chi connectivity index (χ2n) is 6.17. The lowest BCUT2D eigenvalue weighted by atomic mass is 10.0. The molecular weight excluding hydrogens is 422 g/mol. The maximum atomic E-state index is 12.7. The van der Waals surface area contributed by atoms with Crippen LogP contribution < -0.4 is 16.8 Å².